The van der Waals surface area contributed by atoms with Gasteiger partial charge in [-0.1, -0.05) is 6.58 Å². The van der Waals surface area contributed by atoms with Gasteiger partial charge in [-0.15, -0.1) is 0 Å². The number of carbonyl (C=O) groups excluding carboxylic acids is 1. The molecule has 0 spiro atoms. The van der Waals surface area contributed by atoms with Crippen LogP contribution < -0.4 is 0 Å². The Balaban J connectivity index is 5.47. The number of esters is 1. The summed E-state index contributed by atoms with van der Waals surface area (Å²) in [6.07, 6.45) is -15.4. The molecule has 1 unspecified atom stereocenters. The molecule has 0 aromatic carbocycles. The lowest BCUT2D eigenvalue weighted by Gasteiger charge is -2.38. The summed E-state index contributed by atoms with van der Waals surface area (Å²) >= 11 is 0. The molecule has 0 heterocycles. The minimum Gasteiger partial charge on any atom is -0.433 e. The van der Waals surface area contributed by atoms with E-state index in [1.54, 1.807) is 0 Å². The van der Waals surface area contributed by atoms with E-state index in [0.717, 1.165) is 0 Å². The second kappa shape index (κ2) is 8.34. The maximum atomic E-state index is 13.2. The smallest absolute Gasteiger partial charge is 0.426 e. The zero-order chi connectivity index (χ0) is 22.8. The lowest BCUT2D eigenvalue weighted by Crippen LogP contribution is -2.69. The first-order valence-electron chi connectivity index (χ1n) is 6.62. The maximum absolute atomic E-state index is 13.2. The number of hydrogen-bond acceptors (Lipinski definition) is 4. The van der Waals surface area contributed by atoms with Gasteiger partial charge in [-0.3, -0.25) is 0 Å². The number of ether oxygens (including phenoxy) is 2. The number of hydrogen-bond donors (Lipinski definition) is 1. The van der Waals surface area contributed by atoms with Crippen LogP contribution in [0.5, 0.6) is 0 Å². The lowest BCUT2D eigenvalue weighted by molar-refractivity contribution is -0.451. The molecule has 0 aliphatic rings. The van der Waals surface area contributed by atoms with Crippen LogP contribution in [0.2, 0.25) is 0 Å². The monoisotopic (exact) mass is 446 g/mol. The predicted molar refractivity (Wildman–Crippen MR) is 63.6 cm³/mol. The Labute approximate surface area is 147 Å². The molecule has 0 amide bonds. The van der Waals surface area contributed by atoms with Crippen LogP contribution in [0.1, 0.15) is 6.42 Å². The lowest BCUT2D eigenvalue weighted by atomic mass is 9.98. The highest BCUT2D eigenvalue weighted by molar-refractivity contribution is 5.81. The van der Waals surface area contributed by atoms with Crippen molar-refractivity contribution in [1.29, 1.82) is 0 Å². The van der Waals surface area contributed by atoms with Crippen LogP contribution in [0.4, 0.5) is 52.7 Å². The number of alkyl halides is 12. The number of aliphatic hydroxyl groups excluding tert-OH is 1. The Morgan fingerprint density at radius 1 is 0.929 bits per heavy atom. The van der Waals surface area contributed by atoms with Crippen LogP contribution in [0.15, 0.2) is 12.7 Å². The zero-order valence-electron chi connectivity index (χ0n) is 13.1. The molecule has 0 aromatic heterocycles. The SMILES string of the molecule is C=CC(=O)OC(O)CCOC(F)(F)C(F)(F)C(F)(F)C(F)(F)C(F)(F)C(F)F. The van der Waals surface area contributed by atoms with Gasteiger partial charge in [0.15, 0.2) is 0 Å². The Kier molecular flexibility index (Phi) is 7.83. The van der Waals surface area contributed by atoms with Crippen LogP contribution in [0.3, 0.4) is 0 Å². The van der Waals surface area contributed by atoms with Gasteiger partial charge in [0.25, 0.3) is 0 Å². The molecule has 0 aliphatic carbocycles. The fourth-order valence-electron chi connectivity index (χ4n) is 1.35. The van der Waals surface area contributed by atoms with Crippen molar-refractivity contribution >= 4 is 5.97 Å². The van der Waals surface area contributed by atoms with E-state index in [1.165, 1.54) is 0 Å². The van der Waals surface area contributed by atoms with Gasteiger partial charge in [0.2, 0.25) is 6.29 Å². The molecule has 0 aliphatic heterocycles. The number of rotatable bonds is 11. The Bertz CT molecular complexity index is 563. The van der Waals surface area contributed by atoms with E-state index in [1.807, 2.05) is 0 Å². The summed E-state index contributed by atoms with van der Waals surface area (Å²) in [6, 6.07) is 0. The summed E-state index contributed by atoms with van der Waals surface area (Å²) in [7, 11) is 0. The first kappa shape index (κ1) is 26.3. The summed E-state index contributed by atoms with van der Waals surface area (Å²) in [5.41, 5.74) is 0. The van der Waals surface area contributed by atoms with E-state index in [2.05, 4.69) is 16.1 Å². The number of carbonyl (C=O) groups is 1. The highest BCUT2D eigenvalue weighted by Gasteiger charge is 2.88. The van der Waals surface area contributed by atoms with Gasteiger partial charge in [0, 0.05) is 12.5 Å². The largest absolute Gasteiger partial charge is 0.433 e. The molecule has 166 valence electrons. The van der Waals surface area contributed by atoms with E-state index in [0.29, 0.717) is 6.08 Å². The van der Waals surface area contributed by atoms with Crippen molar-refractivity contribution in [3.05, 3.63) is 12.7 Å². The molecule has 0 aromatic rings. The molecule has 16 heteroatoms. The van der Waals surface area contributed by atoms with Crippen molar-refractivity contribution in [2.75, 3.05) is 6.61 Å². The van der Waals surface area contributed by atoms with Crippen molar-refractivity contribution in [2.24, 2.45) is 0 Å². The van der Waals surface area contributed by atoms with Crippen molar-refractivity contribution in [3.8, 4) is 0 Å². The van der Waals surface area contributed by atoms with Gasteiger partial charge in [-0.2, -0.15) is 43.9 Å². The van der Waals surface area contributed by atoms with Crippen LogP contribution in [-0.4, -0.2) is 60.2 Å². The molecule has 0 saturated heterocycles. The fourth-order valence-corrected chi connectivity index (χ4v) is 1.35. The van der Waals surface area contributed by atoms with Gasteiger partial charge in [0.1, 0.15) is 0 Å². The summed E-state index contributed by atoms with van der Waals surface area (Å²) in [4.78, 5) is 10.6. The Morgan fingerprint density at radius 2 is 1.39 bits per heavy atom. The molecule has 4 nitrogen and oxygen atoms in total. The van der Waals surface area contributed by atoms with Gasteiger partial charge in [-0.05, 0) is 0 Å². The molecule has 28 heavy (non-hydrogen) atoms. The van der Waals surface area contributed by atoms with Crippen LogP contribution in [-0.2, 0) is 14.3 Å². The molecular weight excluding hydrogens is 436 g/mol. The average molecular weight is 446 g/mol. The van der Waals surface area contributed by atoms with Crippen LogP contribution in [0, 0.1) is 0 Å². The second-order valence-electron chi connectivity index (χ2n) is 4.90. The van der Waals surface area contributed by atoms with Crippen LogP contribution >= 0.6 is 0 Å². The summed E-state index contributed by atoms with van der Waals surface area (Å²) in [6.45, 7) is 0.996. The average Bonchev–Trinajstić information content (AvgIpc) is 2.53. The van der Waals surface area contributed by atoms with E-state index < -0.39 is 61.5 Å². The molecule has 0 rings (SSSR count). The third-order valence-electron chi connectivity index (χ3n) is 2.91. The Morgan fingerprint density at radius 3 is 1.79 bits per heavy atom. The van der Waals surface area contributed by atoms with Gasteiger partial charge < -0.3 is 14.6 Å². The number of aliphatic hydroxyl groups is 1. The van der Waals surface area contributed by atoms with Crippen molar-refractivity contribution in [3.63, 3.8) is 0 Å². The van der Waals surface area contributed by atoms with Crippen molar-refractivity contribution in [1.82, 2.24) is 0 Å². The van der Waals surface area contributed by atoms with Gasteiger partial charge in [-0.25, -0.2) is 13.6 Å². The first-order valence-corrected chi connectivity index (χ1v) is 6.62. The predicted octanol–water partition coefficient (Wildman–Crippen LogP) is 3.84. The van der Waals surface area contributed by atoms with Gasteiger partial charge >= 0.3 is 42.2 Å². The standard InChI is InChI=1S/C12H10F12O4/c1-2-5(25)28-6(26)3-4-27-12(23,24)11(21,22)10(19,20)9(17,18)8(15,16)7(13)14/h2,6-7,26H,1,3-4H2. The molecule has 1 N–H and O–H groups in total. The highest BCUT2D eigenvalue weighted by Crippen LogP contribution is 2.58. The maximum Gasteiger partial charge on any atom is 0.426 e. The minimum atomic E-state index is -7.71. The second-order valence-corrected chi connectivity index (χ2v) is 4.90. The topological polar surface area (TPSA) is 55.8 Å². The highest BCUT2D eigenvalue weighted by atomic mass is 19.4. The zero-order valence-corrected chi connectivity index (χ0v) is 13.1. The fraction of sp³-hybridized carbons (Fsp3) is 0.750. The summed E-state index contributed by atoms with van der Waals surface area (Å²) in [5, 5.41) is 8.95. The summed E-state index contributed by atoms with van der Waals surface area (Å²) < 4.78 is 161. The normalized spacial score (nSPS) is 15.5. The third kappa shape index (κ3) is 4.64. The Hall–Kier alpha value is -1.71. The molecule has 0 bridgehead atoms. The third-order valence-corrected chi connectivity index (χ3v) is 2.91. The summed E-state index contributed by atoms with van der Waals surface area (Å²) in [5.74, 6) is -31.2. The number of halogens is 12. The van der Waals surface area contributed by atoms with E-state index in [4.69, 9.17) is 5.11 Å². The first-order chi connectivity index (χ1) is 12.3. The molecule has 1 atom stereocenters. The molecule has 0 fully saturated rings. The molecule has 0 radical (unpaired) electrons. The van der Waals surface area contributed by atoms with Crippen molar-refractivity contribution < 1.29 is 72.1 Å². The quantitative estimate of drug-likeness (QED) is 0.227. The van der Waals surface area contributed by atoms with Crippen molar-refractivity contribution in [2.45, 2.75) is 48.9 Å². The van der Waals surface area contributed by atoms with E-state index in [9.17, 15) is 57.5 Å². The van der Waals surface area contributed by atoms with Gasteiger partial charge in [0.05, 0.1) is 6.61 Å². The van der Waals surface area contributed by atoms with Crippen LogP contribution in [0.25, 0.3) is 0 Å². The minimum absolute atomic E-state index is 0.457. The molecular formula is C12H10F12O4. The van der Waals surface area contributed by atoms with E-state index in [-0.39, 0.29) is 0 Å². The molecule has 0 saturated carbocycles. The van der Waals surface area contributed by atoms with E-state index >= 15 is 0 Å².